The molecule has 0 bridgehead atoms. The van der Waals surface area contributed by atoms with Crippen LogP contribution in [0.4, 0.5) is 10.1 Å². The summed E-state index contributed by atoms with van der Waals surface area (Å²) in [5.74, 6) is -0.841. The summed E-state index contributed by atoms with van der Waals surface area (Å²) >= 11 is 0. The van der Waals surface area contributed by atoms with Crippen LogP contribution in [0.15, 0.2) is 23.1 Å². The molecule has 0 spiro atoms. The fraction of sp³-hybridized carbons (Fsp3) is 0.357. The van der Waals surface area contributed by atoms with E-state index in [4.69, 9.17) is 0 Å². The van der Waals surface area contributed by atoms with Gasteiger partial charge in [0, 0.05) is 12.2 Å². The van der Waals surface area contributed by atoms with Crippen molar-refractivity contribution in [2.75, 3.05) is 4.72 Å². The molecule has 0 aliphatic rings. The third-order valence-corrected chi connectivity index (χ3v) is 4.85. The summed E-state index contributed by atoms with van der Waals surface area (Å²) in [5.41, 5.74) is 2.56. The molecule has 1 N–H and O–H groups in total. The number of sulfonamides is 1. The second-order valence-electron chi connectivity index (χ2n) is 4.93. The number of aromatic nitrogens is 2. The molecule has 0 aliphatic heterocycles. The molecule has 1 heterocycles. The first kappa shape index (κ1) is 15.5. The van der Waals surface area contributed by atoms with E-state index in [1.807, 2.05) is 19.9 Å². The van der Waals surface area contributed by atoms with Crippen LogP contribution >= 0.6 is 0 Å². The van der Waals surface area contributed by atoms with Gasteiger partial charge in [0.2, 0.25) is 5.95 Å². The second kappa shape index (κ2) is 5.48. The highest BCUT2D eigenvalue weighted by molar-refractivity contribution is 7.92. The number of aryl methyl sites for hydroxylation is 4. The summed E-state index contributed by atoms with van der Waals surface area (Å²) in [7, 11) is -4.00. The number of hydrogen-bond donors (Lipinski definition) is 1. The molecule has 0 fully saturated rings. The Kier molecular flexibility index (Phi) is 4.04. The van der Waals surface area contributed by atoms with Gasteiger partial charge in [0.05, 0.1) is 5.69 Å². The molecule has 1 aromatic heterocycles. The van der Waals surface area contributed by atoms with Crippen LogP contribution in [0.3, 0.4) is 0 Å². The summed E-state index contributed by atoms with van der Waals surface area (Å²) in [6.07, 6.45) is 0. The second-order valence-corrected chi connectivity index (χ2v) is 6.54. The molecule has 5 nitrogen and oxygen atoms in total. The van der Waals surface area contributed by atoms with Crippen LogP contribution in [0.5, 0.6) is 0 Å². The van der Waals surface area contributed by atoms with E-state index < -0.39 is 20.9 Å². The quantitative estimate of drug-likeness (QED) is 0.944. The van der Waals surface area contributed by atoms with E-state index in [0.717, 1.165) is 15.8 Å². The summed E-state index contributed by atoms with van der Waals surface area (Å²) < 4.78 is 42.3. The van der Waals surface area contributed by atoms with E-state index in [9.17, 15) is 12.8 Å². The molecule has 0 aliphatic carbocycles. The van der Waals surface area contributed by atoms with E-state index in [1.54, 1.807) is 19.1 Å². The maximum Gasteiger partial charge on any atom is 0.268 e. The average molecular weight is 311 g/mol. The lowest BCUT2D eigenvalue weighted by molar-refractivity contribution is 0.454. The van der Waals surface area contributed by atoms with Crippen molar-refractivity contribution in [3.8, 4) is 0 Å². The molecule has 7 heteroatoms. The highest BCUT2D eigenvalue weighted by Crippen LogP contribution is 2.23. The molecule has 0 amide bonds. The predicted molar refractivity (Wildman–Crippen MR) is 79.3 cm³/mol. The molecule has 0 unspecified atom stereocenters. The number of benzene rings is 1. The fourth-order valence-electron chi connectivity index (χ4n) is 2.06. The molecule has 2 rings (SSSR count). The van der Waals surface area contributed by atoms with Gasteiger partial charge in [-0.3, -0.25) is 4.72 Å². The first-order valence-electron chi connectivity index (χ1n) is 6.59. The number of nitrogens with zero attached hydrogens (tertiary/aromatic N) is 2. The predicted octanol–water partition coefficient (Wildman–Crippen LogP) is 2.77. The van der Waals surface area contributed by atoms with Crippen molar-refractivity contribution in [1.82, 2.24) is 9.78 Å². The molecule has 1 aromatic carbocycles. The molecule has 0 atom stereocenters. The number of rotatable bonds is 4. The Morgan fingerprint density at radius 2 is 1.90 bits per heavy atom. The van der Waals surface area contributed by atoms with Crippen LogP contribution < -0.4 is 4.72 Å². The van der Waals surface area contributed by atoms with Gasteiger partial charge in [-0.05, 0) is 51.0 Å². The number of hydrogen-bond acceptors (Lipinski definition) is 3. The van der Waals surface area contributed by atoms with Gasteiger partial charge in [-0.15, -0.1) is 0 Å². The van der Waals surface area contributed by atoms with Crippen molar-refractivity contribution in [3.63, 3.8) is 0 Å². The zero-order valence-electron chi connectivity index (χ0n) is 12.4. The average Bonchev–Trinajstić information content (AvgIpc) is 2.68. The Balaban J connectivity index is 2.43. The highest BCUT2D eigenvalue weighted by atomic mass is 32.2. The lowest BCUT2D eigenvalue weighted by atomic mass is 10.1. The van der Waals surface area contributed by atoms with Crippen LogP contribution in [-0.4, -0.2) is 18.2 Å². The van der Waals surface area contributed by atoms with Gasteiger partial charge in [0.25, 0.3) is 10.0 Å². The van der Waals surface area contributed by atoms with Crippen LogP contribution in [0.1, 0.15) is 23.7 Å². The van der Waals surface area contributed by atoms with E-state index >= 15 is 0 Å². The molecule has 21 heavy (non-hydrogen) atoms. The van der Waals surface area contributed by atoms with Crippen molar-refractivity contribution in [2.24, 2.45) is 0 Å². The fourth-order valence-corrected chi connectivity index (χ4v) is 3.36. The maximum absolute atomic E-state index is 14.1. The normalized spacial score (nSPS) is 11.7. The van der Waals surface area contributed by atoms with Crippen molar-refractivity contribution in [2.45, 2.75) is 39.1 Å². The minimum Gasteiger partial charge on any atom is -0.279 e. The molecule has 0 saturated carbocycles. The summed E-state index contributed by atoms with van der Waals surface area (Å²) in [6.45, 7) is 7.26. The third-order valence-electron chi connectivity index (χ3n) is 3.34. The Hall–Kier alpha value is -1.89. The summed E-state index contributed by atoms with van der Waals surface area (Å²) in [6, 6.07) is 5.17. The molecule has 2 aromatic rings. The zero-order chi connectivity index (χ0) is 15.8. The molecule has 0 radical (unpaired) electrons. The van der Waals surface area contributed by atoms with Crippen LogP contribution in [0.2, 0.25) is 0 Å². The minimum absolute atomic E-state index is 0.144. The smallest absolute Gasteiger partial charge is 0.268 e. The Morgan fingerprint density at radius 3 is 2.43 bits per heavy atom. The number of nitrogens with one attached hydrogen (secondary N) is 1. The SMILES string of the molecule is CCn1nc(C)c(S(=O)(=O)Nc2ccc(C)c(C)c2)c1F. The van der Waals surface area contributed by atoms with Crippen molar-refractivity contribution in [1.29, 1.82) is 0 Å². The molecule has 114 valence electrons. The minimum atomic E-state index is -4.00. The van der Waals surface area contributed by atoms with Crippen molar-refractivity contribution >= 4 is 15.7 Å². The van der Waals surface area contributed by atoms with Gasteiger partial charge in [-0.25, -0.2) is 13.1 Å². The molecular formula is C14H18FN3O2S. The van der Waals surface area contributed by atoms with E-state index in [1.165, 1.54) is 6.92 Å². The first-order valence-corrected chi connectivity index (χ1v) is 8.07. The third kappa shape index (κ3) is 2.92. The lowest BCUT2D eigenvalue weighted by Crippen LogP contribution is -2.15. The van der Waals surface area contributed by atoms with Gasteiger partial charge in [-0.1, -0.05) is 6.07 Å². The van der Waals surface area contributed by atoms with E-state index in [-0.39, 0.29) is 12.2 Å². The molecular weight excluding hydrogens is 293 g/mol. The van der Waals surface area contributed by atoms with Crippen LogP contribution in [0, 0.1) is 26.7 Å². The summed E-state index contributed by atoms with van der Waals surface area (Å²) in [4.78, 5) is -0.400. The van der Waals surface area contributed by atoms with Gasteiger partial charge in [-0.2, -0.15) is 9.49 Å². The van der Waals surface area contributed by atoms with Crippen molar-refractivity contribution < 1.29 is 12.8 Å². The van der Waals surface area contributed by atoms with E-state index in [0.29, 0.717) is 5.69 Å². The zero-order valence-corrected chi connectivity index (χ0v) is 13.3. The summed E-state index contributed by atoms with van der Waals surface area (Å²) in [5, 5.41) is 3.89. The standard InChI is InChI=1S/C14H18FN3O2S/c1-5-18-14(15)13(11(4)16-18)21(19,20)17-12-7-6-9(2)10(3)8-12/h6-8,17H,5H2,1-4H3. The largest absolute Gasteiger partial charge is 0.279 e. The van der Waals surface area contributed by atoms with Gasteiger partial charge in [0.15, 0.2) is 4.90 Å². The Morgan fingerprint density at radius 1 is 1.24 bits per heavy atom. The highest BCUT2D eigenvalue weighted by Gasteiger charge is 2.27. The topological polar surface area (TPSA) is 64.0 Å². The number of halogens is 1. The maximum atomic E-state index is 14.1. The van der Waals surface area contributed by atoms with Gasteiger partial charge >= 0.3 is 0 Å². The van der Waals surface area contributed by atoms with Gasteiger partial charge in [0.1, 0.15) is 0 Å². The van der Waals surface area contributed by atoms with Crippen molar-refractivity contribution in [3.05, 3.63) is 41.0 Å². The van der Waals surface area contributed by atoms with E-state index in [2.05, 4.69) is 9.82 Å². The first-order chi connectivity index (χ1) is 9.76. The Labute approximate surface area is 123 Å². The molecule has 0 saturated heterocycles. The monoisotopic (exact) mass is 311 g/mol. The number of anilines is 1. The van der Waals surface area contributed by atoms with Gasteiger partial charge < -0.3 is 0 Å². The lowest BCUT2D eigenvalue weighted by Gasteiger charge is -2.09. The Bertz CT molecular complexity index is 782. The van der Waals surface area contributed by atoms with Crippen LogP contribution in [-0.2, 0) is 16.6 Å². The van der Waals surface area contributed by atoms with Crippen LogP contribution in [0.25, 0.3) is 0 Å².